The average Bonchev–Trinajstić information content (AvgIpc) is 2.61. The molecule has 3 rings (SSSR count). The molecule has 0 atom stereocenters. The van der Waals surface area contributed by atoms with E-state index in [2.05, 4.69) is 10.5 Å². The van der Waals surface area contributed by atoms with Crippen LogP contribution in [0, 0.1) is 0 Å². The van der Waals surface area contributed by atoms with E-state index in [-0.39, 0.29) is 11.5 Å². The van der Waals surface area contributed by atoms with Crippen molar-refractivity contribution in [1.82, 2.24) is 5.43 Å². The fourth-order valence-electron chi connectivity index (χ4n) is 2.13. The van der Waals surface area contributed by atoms with Gasteiger partial charge in [0.05, 0.1) is 11.8 Å². The van der Waals surface area contributed by atoms with Crippen LogP contribution in [0.4, 0.5) is 0 Å². The molecular formula is C17H14N2O5. The van der Waals surface area contributed by atoms with Crippen molar-refractivity contribution < 1.29 is 24.2 Å². The lowest BCUT2D eigenvalue weighted by atomic mass is 10.1. The first-order valence-electron chi connectivity index (χ1n) is 7.20. The predicted molar refractivity (Wildman–Crippen MR) is 85.9 cm³/mol. The number of carboxylic acids is 1. The Balaban J connectivity index is 1.63. The maximum absolute atomic E-state index is 12.1. The highest BCUT2D eigenvalue weighted by molar-refractivity contribution is 5.95. The number of hydrogen-bond acceptors (Lipinski definition) is 5. The molecular weight excluding hydrogens is 312 g/mol. The van der Waals surface area contributed by atoms with E-state index in [0.717, 1.165) is 0 Å². The number of carbonyl (C=O) groups is 2. The smallest absolute Gasteiger partial charge is 0.335 e. The monoisotopic (exact) mass is 326 g/mol. The first-order chi connectivity index (χ1) is 11.6. The van der Waals surface area contributed by atoms with Gasteiger partial charge in [-0.25, -0.2) is 10.2 Å². The molecule has 1 heterocycles. The predicted octanol–water partition coefficient (Wildman–Crippen LogP) is 1.92. The van der Waals surface area contributed by atoms with Gasteiger partial charge in [0.2, 0.25) is 0 Å². The van der Waals surface area contributed by atoms with Crippen LogP contribution in [0.3, 0.4) is 0 Å². The lowest BCUT2D eigenvalue weighted by Gasteiger charge is -2.18. The Bertz CT molecular complexity index is 799. The van der Waals surface area contributed by atoms with Gasteiger partial charge in [-0.15, -0.1) is 0 Å². The van der Waals surface area contributed by atoms with Gasteiger partial charge in [-0.05, 0) is 35.9 Å². The van der Waals surface area contributed by atoms with Crippen molar-refractivity contribution in [3.63, 3.8) is 0 Å². The molecule has 0 spiro atoms. The minimum atomic E-state index is -0.995. The third kappa shape index (κ3) is 3.52. The second-order valence-corrected chi connectivity index (χ2v) is 4.98. The van der Waals surface area contributed by atoms with Crippen LogP contribution in [0.25, 0.3) is 0 Å². The number of nitrogens with zero attached hydrogens (tertiary/aromatic N) is 1. The Morgan fingerprint density at radius 3 is 2.38 bits per heavy atom. The second-order valence-electron chi connectivity index (χ2n) is 4.98. The number of carboxylic acid groups (broad SMARTS) is 1. The zero-order valence-corrected chi connectivity index (χ0v) is 12.6. The minimum absolute atomic E-state index is 0.187. The van der Waals surface area contributed by atoms with Crippen LogP contribution in [0.2, 0.25) is 0 Å². The molecule has 1 aliphatic heterocycles. The van der Waals surface area contributed by atoms with Crippen molar-refractivity contribution in [3.8, 4) is 11.5 Å². The summed E-state index contributed by atoms with van der Waals surface area (Å²) in [6.07, 6.45) is 1.43. The van der Waals surface area contributed by atoms with E-state index < -0.39 is 5.97 Å². The molecule has 0 radical (unpaired) electrons. The third-order valence-corrected chi connectivity index (χ3v) is 3.34. The first-order valence-corrected chi connectivity index (χ1v) is 7.20. The summed E-state index contributed by atoms with van der Waals surface area (Å²) < 4.78 is 10.8. The van der Waals surface area contributed by atoms with Gasteiger partial charge in [-0.2, -0.15) is 5.10 Å². The van der Waals surface area contributed by atoms with E-state index in [4.69, 9.17) is 14.6 Å². The summed E-state index contributed by atoms with van der Waals surface area (Å²) in [7, 11) is 0. The van der Waals surface area contributed by atoms with E-state index in [1.54, 1.807) is 30.3 Å². The minimum Gasteiger partial charge on any atom is -0.486 e. The molecule has 1 aliphatic rings. The lowest BCUT2D eigenvalue weighted by molar-refractivity contribution is 0.0696. The molecule has 122 valence electrons. The van der Waals surface area contributed by atoms with Crippen LogP contribution in [-0.2, 0) is 0 Å². The highest BCUT2D eigenvalue weighted by Crippen LogP contribution is 2.30. The van der Waals surface area contributed by atoms with Crippen LogP contribution < -0.4 is 14.9 Å². The molecule has 1 amide bonds. The van der Waals surface area contributed by atoms with Crippen molar-refractivity contribution >= 4 is 18.1 Å². The van der Waals surface area contributed by atoms with Gasteiger partial charge in [-0.1, -0.05) is 12.1 Å². The van der Waals surface area contributed by atoms with E-state index in [1.807, 2.05) is 0 Å². The highest BCUT2D eigenvalue weighted by atomic mass is 16.6. The summed E-state index contributed by atoms with van der Waals surface area (Å²) in [6, 6.07) is 11.0. The number of fused-ring (bicyclic) bond motifs is 1. The Hall–Kier alpha value is -3.35. The molecule has 2 aromatic rings. The van der Waals surface area contributed by atoms with Gasteiger partial charge in [0.1, 0.15) is 13.2 Å². The Morgan fingerprint density at radius 2 is 1.67 bits per heavy atom. The molecule has 7 nitrogen and oxygen atoms in total. The van der Waals surface area contributed by atoms with E-state index in [1.165, 1.54) is 18.3 Å². The topological polar surface area (TPSA) is 97.2 Å². The molecule has 0 bridgehead atoms. The number of hydrogen-bond donors (Lipinski definition) is 2. The van der Waals surface area contributed by atoms with Gasteiger partial charge in [-0.3, -0.25) is 4.79 Å². The van der Waals surface area contributed by atoms with Crippen molar-refractivity contribution in [2.24, 2.45) is 5.10 Å². The number of nitrogens with one attached hydrogen (secondary N) is 1. The average molecular weight is 326 g/mol. The zero-order chi connectivity index (χ0) is 16.9. The summed E-state index contributed by atoms with van der Waals surface area (Å²) in [5.41, 5.74) is 3.67. The van der Waals surface area contributed by atoms with Gasteiger partial charge in [0.15, 0.2) is 11.5 Å². The molecule has 7 heteroatoms. The quantitative estimate of drug-likeness (QED) is 0.661. The van der Waals surface area contributed by atoms with Crippen LogP contribution in [0.15, 0.2) is 47.6 Å². The number of benzene rings is 2. The molecule has 0 unspecified atom stereocenters. The number of amides is 1. The fraction of sp³-hybridized carbons (Fsp3) is 0.118. The van der Waals surface area contributed by atoms with Gasteiger partial charge >= 0.3 is 5.97 Å². The lowest BCUT2D eigenvalue weighted by Crippen LogP contribution is -2.19. The zero-order valence-electron chi connectivity index (χ0n) is 12.6. The molecule has 2 N–H and O–H groups in total. The number of hydrazone groups is 1. The highest BCUT2D eigenvalue weighted by Gasteiger charge is 2.14. The number of rotatable bonds is 4. The summed E-state index contributed by atoms with van der Waals surface area (Å²) in [6.45, 7) is 0.937. The summed E-state index contributed by atoms with van der Waals surface area (Å²) in [5, 5.41) is 12.7. The normalized spacial score (nSPS) is 12.8. The summed E-state index contributed by atoms with van der Waals surface area (Å²) >= 11 is 0. The van der Waals surface area contributed by atoms with Crippen molar-refractivity contribution in [1.29, 1.82) is 0 Å². The Kier molecular flexibility index (Phi) is 4.42. The van der Waals surface area contributed by atoms with E-state index >= 15 is 0 Å². The van der Waals surface area contributed by atoms with Crippen molar-refractivity contribution in [3.05, 3.63) is 59.2 Å². The van der Waals surface area contributed by atoms with Gasteiger partial charge in [0, 0.05) is 5.56 Å². The summed E-state index contributed by atoms with van der Waals surface area (Å²) in [4.78, 5) is 22.8. The second kappa shape index (κ2) is 6.82. The standard InChI is InChI=1S/C17H14N2O5/c20-16(13-5-6-14-15(9-13)24-8-7-23-14)19-18-10-11-1-3-12(4-2-11)17(21)22/h1-6,9-10H,7-8H2,(H,19,20)(H,21,22). The largest absolute Gasteiger partial charge is 0.486 e. The maximum Gasteiger partial charge on any atom is 0.335 e. The molecule has 0 saturated heterocycles. The molecule has 24 heavy (non-hydrogen) atoms. The van der Waals surface area contributed by atoms with Crippen LogP contribution in [0.1, 0.15) is 26.3 Å². The Labute approximate surface area is 137 Å². The van der Waals surface area contributed by atoms with Crippen LogP contribution in [-0.4, -0.2) is 36.4 Å². The molecule has 0 aliphatic carbocycles. The van der Waals surface area contributed by atoms with Crippen LogP contribution in [0.5, 0.6) is 11.5 Å². The summed E-state index contributed by atoms with van der Waals surface area (Å²) in [5.74, 6) is -0.238. The van der Waals surface area contributed by atoms with E-state index in [0.29, 0.717) is 35.8 Å². The van der Waals surface area contributed by atoms with E-state index in [9.17, 15) is 9.59 Å². The van der Waals surface area contributed by atoms with Crippen LogP contribution >= 0.6 is 0 Å². The number of carbonyl (C=O) groups excluding carboxylic acids is 1. The number of aromatic carboxylic acids is 1. The molecule has 0 fully saturated rings. The SMILES string of the molecule is O=C(O)c1ccc(C=NNC(=O)c2ccc3c(c2)OCCO3)cc1. The molecule has 2 aromatic carbocycles. The Morgan fingerprint density at radius 1 is 1.00 bits per heavy atom. The third-order valence-electron chi connectivity index (χ3n) is 3.34. The number of ether oxygens (including phenoxy) is 2. The maximum atomic E-state index is 12.1. The first kappa shape index (κ1) is 15.5. The van der Waals surface area contributed by atoms with Gasteiger partial charge < -0.3 is 14.6 Å². The van der Waals surface area contributed by atoms with Crippen molar-refractivity contribution in [2.45, 2.75) is 0 Å². The van der Waals surface area contributed by atoms with Crippen molar-refractivity contribution in [2.75, 3.05) is 13.2 Å². The molecule has 0 saturated carbocycles. The molecule has 0 aromatic heterocycles. The fourth-order valence-corrected chi connectivity index (χ4v) is 2.13. The van der Waals surface area contributed by atoms with Gasteiger partial charge in [0.25, 0.3) is 5.91 Å².